The zero-order chi connectivity index (χ0) is 19.4. The van der Waals surface area contributed by atoms with Crippen molar-refractivity contribution in [2.75, 3.05) is 0 Å². The Balaban J connectivity index is 1.85. The summed E-state index contributed by atoms with van der Waals surface area (Å²) in [6.45, 7) is 1.89. The molecule has 1 atom stereocenters. The van der Waals surface area contributed by atoms with E-state index in [1.807, 2.05) is 30.3 Å². The molecule has 1 heterocycles. The Morgan fingerprint density at radius 1 is 1.19 bits per heavy atom. The van der Waals surface area contributed by atoms with Gasteiger partial charge in [-0.15, -0.1) is 0 Å². The predicted octanol–water partition coefficient (Wildman–Crippen LogP) is 3.13. The molecule has 0 bridgehead atoms. The summed E-state index contributed by atoms with van der Waals surface area (Å²) < 4.78 is 5.46. The number of allylic oxidation sites excluding steroid dienone is 1. The predicted molar refractivity (Wildman–Crippen MR) is 104 cm³/mol. The summed E-state index contributed by atoms with van der Waals surface area (Å²) in [4.78, 5) is 23.1. The fourth-order valence-electron chi connectivity index (χ4n) is 2.80. The average molecular weight is 383 g/mol. The van der Waals surface area contributed by atoms with Crippen LogP contribution in [-0.4, -0.2) is 16.0 Å². The van der Waals surface area contributed by atoms with Crippen LogP contribution in [0.3, 0.4) is 0 Å². The number of hydrogen-bond acceptors (Lipinski definition) is 5. The van der Waals surface area contributed by atoms with Gasteiger partial charge in [0.15, 0.2) is 5.11 Å². The Hall–Kier alpha value is -3.26. The number of esters is 1. The molecule has 0 radical (unpaired) electrons. The van der Waals surface area contributed by atoms with E-state index in [4.69, 9.17) is 17.0 Å². The van der Waals surface area contributed by atoms with E-state index in [0.29, 0.717) is 21.9 Å². The van der Waals surface area contributed by atoms with Gasteiger partial charge in [0.05, 0.1) is 16.5 Å². The summed E-state index contributed by atoms with van der Waals surface area (Å²) >= 11 is 5.19. The number of nitrogens with zero attached hydrogens (tertiary/aromatic N) is 1. The highest BCUT2D eigenvalue weighted by atomic mass is 32.1. The molecule has 0 aliphatic carbocycles. The van der Waals surface area contributed by atoms with Crippen LogP contribution in [0, 0.1) is 10.1 Å². The number of thiocarbonyl (C=S) groups is 1. The van der Waals surface area contributed by atoms with Crippen molar-refractivity contribution in [3.8, 4) is 0 Å². The second kappa shape index (κ2) is 7.96. The smallest absolute Gasteiger partial charge is 0.338 e. The zero-order valence-electron chi connectivity index (χ0n) is 14.5. The van der Waals surface area contributed by atoms with Gasteiger partial charge in [-0.3, -0.25) is 10.1 Å². The molecule has 2 N–H and O–H groups in total. The highest BCUT2D eigenvalue weighted by molar-refractivity contribution is 7.80. The number of hydrogen-bond donors (Lipinski definition) is 2. The Labute approximate surface area is 161 Å². The van der Waals surface area contributed by atoms with E-state index in [9.17, 15) is 14.9 Å². The second-order valence-corrected chi connectivity index (χ2v) is 6.39. The maximum absolute atomic E-state index is 12.7. The first kappa shape index (κ1) is 18.5. The van der Waals surface area contributed by atoms with E-state index in [-0.39, 0.29) is 12.3 Å². The maximum Gasteiger partial charge on any atom is 0.338 e. The number of carbonyl (C=O) groups is 1. The van der Waals surface area contributed by atoms with Crippen molar-refractivity contribution in [2.45, 2.75) is 19.6 Å². The minimum Gasteiger partial charge on any atom is -0.457 e. The Bertz CT molecular complexity index is 910. The lowest BCUT2D eigenvalue weighted by atomic mass is 9.95. The van der Waals surface area contributed by atoms with Crippen LogP contribution in [0.1, 0.15) is 24.1 Å². The van der Waals surface area contributed by atoms with Crippen molar-refractivity contribution in [3.63, 3.8) is 0 Å². The molecule has 0 saturated heterocycles. The first-order valence-electron chi connectivity index (χ1n) is 8.19. The highest BCUT2D eigenvalue weighted by Crippen LogP contribution is 2.29. The third-order valence-corrected chi connectivity index (χ3v) is 4.36. The third kappa shape index (κ3) is 4.29. The quantitative estimate of drug-likeness (QED) is 0.355. The molecule has 138 valence electrons. The van der Waals surface area contributed by atoms with E-state index in [0.717, 1.165) is 5.56 Å². The molecule has 2 aromatic carbocycles. The molecule has 0 unspecified atom stereocenters. The van der Waals surface area contributed by atoms with Crippen LogP contribution in [0.2, 0.25) is 0 Å². The Morgan fingerprint density at radius 2 is 1.85 bits per heavy atom. The molecule has 1 aliphatic heterocycles. The number of non-ortho nitro benzene ring substituents is 1. The number of rotatable bonds is 5. The van der Waals surface area contributed by atoms with Gasteiger partial charge in [0.1, 0.15) is 6.61 Å². The van der Waals surface area contributed by atoms with Gasteiger partial charge in [0.25, 0.3) is 5.69 Å². The third-order valence-electron chi connectivity index (χ3n) is 4.14. The van der Waals surface area contributed by atoms with Crippen LogP contribution in [-0.2, 0) is 16.1 Å². The Kier molecular flexibility index (Phi) is 5.46. The fraction of sp³-hybridized carbons (Fsp3) is 0.158. The summed E-state index contributed by atoms with van der Waals surface area (Å²) in [6.07, 6.45) is 0. The lowest BCUT2D eigenvalue weighted by Gasteiger charge is -2.29. The van der Waals surface area contributed by atoms with E-state index in [1.165, 1.54) is 12.1 Å². The molecule has 0 spiro atoms. The van der Waals surface area contributed by atoms with Gasteiger partial charge in [-0.2, -0.15) is 0 Å². The van der Waals surface area contributed by atoms with Crippen molar-refractivity contribution < 1.29 is 14.5 Å². The standard InChI is InChI=1S/C19H17N3O4S/c1-12-16(18(23)26-11-13-5-3-2-4-6-13)17(21-19(27)20-12)14-7-9-15(10-8-14)22(24)25/h2-10,17H,11H2,1H3,(H2,20,21,27)/t17-/m1/s1. The van der Waals surface area contributed by atoms with Crippen molar-refractivity contribution in [2.24, 2.45) is 0 Å². The van der Waals surface area contributed by atoms with Crippen LogP contribution in [0.5, 0.6) is 0 Å². The molecule has 27 heavy (non-hydrogen) atoms. The van der Waals surface area contributed by atoms with Crippen molar-refractivity contribution in [1.29, 1.82) is 0 Å². The molecule has 8 heteroatoms. The second-order valence-electron chi connectivity index (χ2n) is 5.98. The normalized spacial score (nSPS) is 16.3. The highest BCUT2D eigenvalue weighted by Gasteiger charge is 2.31. The molecule has 0 amide bonds. The lowest BCUT2D eigenvalue weighted by Crippen LogP contribution is -2.45. The van der Waals surface area contributed by atoms with Gasteiger partial charge in [-0.1, -0.05) is 30.3 Å². The summed E-state index contributed by atoms with van der Waals surface area (Å²) in [5.74, 6) is -0.484. The monoisotopic (exact) mass is 383 g/mol. The van der Waals surface area contributed by atoms with E-state index in [2.05, 4.69) is 10.6 Å². The van der Waals surface area contributed by atoms with Crippen molar-refractivity contribution in [1.82, 2.24) is 10.6 Å². The Morgan fingerprint density at radius 3 is 2.48 bits per heavy atom. The average Bonchev–Trinajstić information content (AvgIpc) is 2.66. The molecule has 3 rings (SSSR count). The van der Waals surface area contributed by atoms with E-state index >= 15 is 0 Å². The number of carbonyl (C=O) groups excluding carboxylic acids is 1. The van der Waals surface area contributed by atoms with E-state index < -0.39 is 16.9 Å². The van der Waals surface area contributed by atoms with Crippen LogP contribution in [0.15, 0.2) is 65.9 Å². The number of ether oxygens (including phenoxy) is 1. The number of benzene rings is 2. The van der Waals surface area contributed by atoms with Crippen LogP contribution < -0.4 is 10.6 Å². The number of nitro groups is 1. The molecule has 2 aromatic rings. The van der Waals surface area contributed by atoms with E-state index in [1.54, 1.807) is 19.1 Å². The van der Waals surface area contributed by atoms with Gasteiger partial charge in [0.2, 0.25) is 0 Å². The first-order chi connectivity index (χ1) is 13.0. The van der Waals surface area contributed by atoms with Gasteiger partial charge in [0, 0.05) is 17.8 Å². The summed E-state index contributed by atoms with van der Waals surface area (Å²) in [7, 11) is 0. The van der Waals surface area contributed by atoms with Crippen LogP contribution in [0.4, 0.5) is 5.69 Å². The minimum atomic E-state index is -0.553. The molecular formula is C19H17N3O4S. The minimum absolute atomic E-state index is 0.0239. The fourth-order valence-corrected chi connectivity index (χ4v) is 3.07. The lowest BCUT2D eigenvalue weighted by molar-refractivity contribution is -0.384. The summed E-state index contributed by atoms with van der Waals surface area (Å²) in [5, 5.41) is 17.2. The maximum atomic E-state index is 12.7. The van der Waals surface area contributed by atoms with Gasteiger partial charge < -0.3 is 15.4 Å². The summed E-state index contributed by atoms with van der Waals surface area (Å²) in [6, 6.07) is 14.8. The van der Waals surface area contributed by atoms with Crippen molar-refractivity contribution >= 4 is 29.0 Å². The van der Waals surface area contributed by atoms with Crippen LogP contribution >= 0.6 is 12.2 Å². The number of nitrogens with one attached hydrogen (secondary N) is 2. The zero-order valence-corrected chi connectivity index (χ0v) is 15.3. The van der Waals surface area contributed by atoms with Crippen molar-refractivity contribution in [3.05, 3.63) is 87.1 Å². The summed E-state index contributed by atoms with van der Waals surface area (Å²) in [5.41, 5.74) is 2.50. The first-order valence-corrected chi connectivity index (χ1v) is 8.60. The number of nitro benzene ring substituents is 1. The van der Waals surface area contributed by atoms with Gasteiger partial charge in [-0.25, -0.2) is 4.79 Å². The van der Waals surface area contributed by atoms with Crippen LogP contribution in [0.25, 0.3) is 0 Å². The molecule has 7 nitrogen and oxygen atoms in total. The molecule has 0 saturated carbocycles. The largest absolute Gasteiger partial charge is 0.457 e. The SMILES string of the molecule is CC1=C(C(=O)OCc2ccccc2)[C@@H](c2ccc([N+](=O)[O-])cc2)NC(=S)N1. The molecule has 0 fully saturated rings. The molecule has 1 aliphatic rings. The van der Waals surface area contributed by atoms with Gasteiger partial charge in [-0.05, 0) is 42.4 Å². The topological polar surface area (TPSA) is 93.5 Å². The van der Waals surface area contributed by atoms with Gasteiger partial charge >= 0.3 is 5.97 Å². The molecular weight excluding hydrogens is 366 g/mol. The molecule has 0 aromatic heterocycles.